The van der Waals surface area contributed by atoms with Gasteiger partial charge in [0.15, 0.2) is 0 Å². The Morgan fingerprint density at radius 1 is 1.10 bits per heavy atom. The van der Waals surface area contributed by atoms with Gasteiger partial charge in [-0.1, -0.05) is 24.3 Å². The van der Waals surface area contributed by atoms with Gasteiger partial charge in [0.1, 0.15) is 18.4 Å². The van der Waals surface area contributed by atoms with E-state index >= 15 is 0 Å². The molecule has 0 saturated heterocycles. The van der Waals surface area contributed by atoms with Crippen molar-refractivity contribution >= 4 is 5.69 Å². The molecule has 0 aliphatic carbocycles. The second-order valence-electron chi connectivity index (χ2n) is 4.56. The zero-order chi connectivity index (χ0) is 14.5. The molecule has 21 heavy (non-hydrogen) atoms. The van der Waals surface area contributed by atoms with Crippen LogP contribution in [0.25, 0.3) is 5.69 Å². The number of ether oxygens (including phenoxy) is 1. The smallest absolute Gasteiger partial charge is 0.138 e. The van der Waals surface area contributed by atoms with Crippen LogP contribution in [0.2, 0.25) is 0 Å². The van der Waals surface area contributed by atoms with E-state index in [9.17, 15) is 0 Å². The Bertz CT molecular complexity index is 693. The van der Waals surface area contributed by atoms with Crippen molar-refractivity contribution in [2.45, 2.75) is 6.54 Å². The third-order valence-electron chi connectivity index (χ3n) is 3.21. The summed E-state index contributed by atoms with van der Waals surface area (Å²) in [4.78, 5) is 3.99. The van der Waals surface area contributed by atoms with Crippen LogP contribution in [-0.2, 0) is 6.54 Å². The molecule has 1 N–H and O–H groups in total. The van der Waals surface area contributed by atoms with Gasteiger partial charge in [-0.25, -0.2) is 9.67 Å². The van der Waals surface area contributed by atoms with E-state index in [1.54, 1.807) is 18.1 Å². The first-order valence-electron chi connectivity index (χ1n) is 6.67. The van der Waals surface area contributed by atoms with Crippen molar-refractivity contribution in [3.05, 3.63) is 66.7 Å². The van der Waals surface area contributed by atoms with Crippen LogP contribution < -0.4 is 10.1 Å². The van der Waals surface area contributed by atoms with Gasteiger partial charge in [0.2, 0.25) is 0 Å². The van der Waals surface area contributed by atoms with E-state index in [2.05, 4.69) is 15.4 Å². The summed E-state index contributed by atoms with van der Waals surface area (Å²) < 4.78 is 6.91. The van der Waals surface area contributed by atoms with Gasteiger partial charge in [-0.2, -0.15) is 5.10 Å². The lowest BCUT2D eigenvalue weighted by molar-refractivity contribution is 0.414. The quantitative estimate of drug-likeness (QED) is 0.780. The van der Waals surface area contributed by atoms with Gasteiger partial charge < -0.3 is 10.1 Å². The maximum Gasteiger partial charge on any atom is 0.138 e. The number of aromatic nitrogens is 3. The van der Waals surface area contributed by atoms with Gasteiger partial charge in [-0.15, -0.1) is 0 Å². The minimum absolute atomic E-state index is 0.732. The Balaban J connectivity index is 1.76. The van der Waals surface area contributed by atoms with E-state index in [1.165, 1.54) is 11.9 Å². The molecule has 0 spiro atoms. The van der Waals surface area contributed by atoms with Crippen molar-refractivity contribution in [2.24, 2.45) is 0 Å². The molecule has 0 radical (unpaired) electrons. The number of hydrogen-bond acceptors (Lipinski definition) is 4. The van der Waals surface area contributed by atoms with E-state index in [-0.39, 0.29) is 0 Å². The summed E-state index contributed by atoms with van der Waals surface area (Å²) >= 11 is 0. The average Bonchev–Trinajstić information content (AvgIpc) is 3.08. The maximum atomic E-state index is 5.16. The molecular weight excluding hydrogens is 264 g/mol. The van der Waals surface area contributed by atoms with Crippen LogP contribution in [-0.4, -0.2) is 21.9 Å². The average molecular weight is 280 g/mol. The summed E-state index contributed by atoms with van der Waals surface area (Å²) in [5, 5.41) is 7.60. The second-order valence-corrected chi connectivity index (χ2v) is 4.56. The molecule has 2 aromatic carbocycles. The number of anilines is 1. The number of para-hydroxylation sites is 2. The topological polar surface area (TPSA) is 52.0 Å². The van der Waals surface area contributed by atoms with Gasteiger partial charge in [-0.3, -0.25) is 0 Å². The Kier molecular flexibility index (Phi) is 3.82. The largest absolute Gasteiger partial charge is 0.497 e. The van der Waals surface area contributed by atoms with Gasteiger partial charge in [-0.05, 0) is 29.8 Å². The van der Waals surface area contributed by atoms with Gasteiger partial charge in [0.25, 0.3) is 0 Å². The normalized spacial score (nSPS) is 10.3. The molecule has 0 unspecified atom stereocenters. The second kappa shape index (κ2) is 6.09. The van der Waals surface area contributed by atoms with Crippen molar-refractivity contribution in [3.8, 4) is 11.4 Å². The van der Waals surface area contributed by atoms with E-state index in [0.717, 1.165) is 23.7 Å². The minimum atomic E-state index is 0.732. The van der Waals surface area contributed by atoms with Crippen LogP contribution in [0, 0.1) is 0 Å². The van der Waals surface area contributed by atoms with Crippen molar-refractivity contribution in [2.75, 3.05) is 12.4 Å². The standard InChI is InChI=1S/C16H16N4O/c1-21-14-8-6-13(7-9-14)10-18-15-4-2-3-5-16(15)20-12-17-11-19-20/h2-9,11-12,18H,10H2,1H3. The number of nitrogens with zero attached hydrogens (tertiary/aromatic N) is 3. The van der Waals surface area contributed by atoms with Crippen molar-refractivity contribution in [1.29, 1.82) is 0 Å². The fourth-order valence-corrected chi connectivity index (χ4v) is 2.10. The Hall–Kier alpha value is -2.82. The lowest BCUT2D eigenvalue weighted by Gasteiger charge is -2.12. The lowest BCUT2D eigenvalue weighted by Crippen LogP contribution is -2.04. The van der Waals surface area contributed by atoms with E-state index < -0.39 is 0 Å². The lowest BCUT2D eigenvalue weighted by atomic mass is 10.2. The van der Waals surface area contributed by atoms with E-state index in [4.69, 9.17) is 4.74 Å². The summed E-state index contributed by atoms with van der Waals surface area (Å²) in [5.41, 5.74) is 3.17. The molecule has 1 heterocycles. The van der Waals surface area contributed by atoms with Crippen LogP contribution in [0.1, 0.15) is 5.56 Å². The van der Waals surface area contributed by atoms with Crippen molar-refractivity contribution in [3.63, 3.8) is 0 Å². The summed E-state index contributed by atoms with van der Waals surface area (Å²) in [5.74, 6) is 0.863. The number of benzene rings is 2. The fourth-order valence-electron chi connectivity index (χ4n) is 2.10. The molecule has 5 nitrogen and oxygen atoms in total. The maximum absolute atomic E-state index is 5.16. The van der Waals surface area contributed by atoms with Crippen LogP contribution in [0.4, 0.5) is 5.69 Å². The molecule has 0 fully saturated rings. The van der Waals surface area contributed by atoms with Crippen LogP contribution >= 0.6 is 0 Å². The monoisotopic (exact) mass is 280 g/mol. The molecule has 0 saturated carbocycles. The van der Waals surface area contributed by atoms with Crippen molar-refractivity contribution in [1.82, 2.24) is 14.8 Å². The molecule has 106 valence electrons. The minimum Gasteiger partial charge on any atom is -0.497 e. The number of rotatable bonds is 5. The number of nitrogens with one attached hydrogen (secondary N) is 1. The van der Waals surface area contributed by atoms with Crippen molar-refractivity contribution < 1.29 is 4.74 Å². The Morgan fingerprint density at radius 2 is 1.90 bits per heavy atom. The molecule has 0 atom stereocenters. The molecule has 0 bridgehead atoms. The van der Waals surface area contributed by atoms with E-state index in [0.29, 0.717) is 0 Å². The van der Waals surface area contributed by atoms with E-state index in [1.807, 2.05) is 48.5 Å². The Labute approximate surface area is 123 Å². The number of hydrogen-bond donors (Lipinski definition) is 1. The van der Waals surface area contributed by atoms with Crippen LogP contribution in [0.5, 0.6) is 5.75 Å². The summed E-state index contributed by atoms with van der Waals surface area (Å²) in [7, 11) is 1.67. The predicted octanol–water partition coefficient (Wildman–Crippen LogP) is 2.89. The summed E-state index contributed by atoms with van der Waals surface area (Å²) in [6, 6.07) is 16.0. The first kappa shape index (κ1) is 13.2. The molecule has 3 aromatic rings. The van der Waals surface area contributed by atoms with Crippen LogP contribution in [0.15, 0.2) is 61.2 Å². The van der Waals surface area contributed by atoms with Gasteiger partial charge in [0.05, 0.1) is 18.5 Å². The first-order chi connectivity index (χ1) is 10.4. The molecule has 3 rings (SSSR count). The number of methoxy groups -OCH3 is 1. The molecule has 5 heteroatoms. The zero-order valence-corrected chi connectivity index (χ0v) is 11.7. The zero-order valence-electron chi connectivity index (χ0n) is 11.7. The highest BCUT2D eigenvalue weighted by Gasteiger charge is 2.04. The first-order valence-corrected chi connectivity index (χ1v) is 6.67. The molecule has 0 aliphatic heterocycles. The predicted molar refractivity (Wildman–Crippen MR) is 81.7 cm³/mol. The summed E-state index contributed by atoms with van der Waals surface area (Å²) in [6.45, 7) is 0.732. The third kappa shape index (κ3) is 3.02. The third-order valence-corrected chi connectivity index (χ3v) is 3.21. The molecule has 0 aliphatic rings. The fraction of sp³-hybridized carbons (Fsp3) is 0.125. The Morgan fingerprint density at radius 3 is 2.62 bits per heavy atom. The van der Waals surface area contributed by atoms with Crippen LogP contribution in [0.3, 0.4) is 0 Å². The SMILES string of the molecule is COc1ccc(CNc2ccccc2-n2cncn2)cc1. The molecular formula is C16H16N4O. The van der Waals surface area contributed by atoms with Gasteiger partial charge in [0, 0.05) is 6.54 Å². The molecule has 0 amide bonds. The highest BCUT2D eigenvalue weighted by molar-refractivity contribution is 5.60. The molecule has 1 aromatic heterocycles. The van der Waals surface area contributed by atoms with Gasteiger partial charge >= 0.3 is 0 Å². The summed E-state index contributed by atoms with van der Waals surface area (Å²) in [6.07, 6.45) is 3.22. The highest BCUT2D eigenvalue weighted by atomic mass is 16.5. The highest BCUT2D eigenvalue weighted by Crippen LogP contribution is 2.20.